The van der Waals surface area contributed by atoms with Gasteiger partial charge in [0.15, 0.2) is 0 Å². The van der Waals surface area contributed by atoms with Crippen molar-refractivity contribution < 1.29 is 4.79 Å². The molecule has 2 heterocycles. The first kappa shape index (κ1) is 16.5. The van der Waals surface area contributed by atoms with Gasteiger partial charge in [-0.2, -0.15) is 0 Å². The molecular weight excluding hydrogens is 334 g/mol. The monoisotopic (exact) mass is 357 g/mol. The van der Waals surface area contributed by atoms with Gasteiger partial charge in [-0.1, -0.05) is 11.6 Å². The molecule has 2 aromatic heterocycles. The molecule has 0 aromatic carbocycles. The Labute approximate surface area is 150 Å². The molecule has 0 atom stereocenters. The van der Waals surface area contributed by atoms with Gasteiger partial charge < -0.3 is 5.32 Å². The van der Waals surface area contributed by atoms with Crippen LogP contribution in [0.2, 0.25) is 0 Å². The number of allylic oxidation sites excluding steroid dienone is 1. The summed E-state index contributed by atoms with van der Waals surface area (Å²) in [6.45, 7) is 0.689. The molecule has 2 aliphatic carbocycles. The van der Waals surface area contributed by atoms with Crippen LogP contribution >= 0.6 is 11.3 Å². The van der Waals surface area contributed by atoms with E-state index in [0.29, 0.717) is 6.54 Å². The van der Waals surface area contributed by atoms with Gasteiger partial charge in [-0.15, -0.1) is 11.3 Å². The maximum atomic E-state index is 12.7. The van der Waals surface area contributed by atoms with Crippen LogP contribution in [-0.2, 0) is 24.2 Å². The number of fused-ring (bicyclic) bond motifs is 3. The standard InChI is InChI=1S/C19H23N3O2S/c23-16(20-10-9-13-5-2-1-3-6-13)11-22-12-21-18-17(19(22)24)14-7-4-8-15(14)25-18/h5,12H,1-4,6-11H2,(H,20,23). The van der Waals surface area contributed by atoms with E-state index in [4.69, 9.17) is 0 Å². The number of carbonyl (C=O) groups excluding carboxylic acids is 1. The molecule has 4 rings (SSSR count). The van der Waals surface area contributed by atoms with E-state index in [1.54, 1.807) is 11.3 Å². The van der Waals surface area contributed by atoms with Crippen LogP contribution in [0.1, 0.15) is 49.0 Å². The Morgan fingerprint density at radius 3 is 3.00 bits per heavy atom. The van der Waals surface area contributed by atoms with Gasteiger partial charge >= 0.3 is 0 Å². The molecule has 2 aromatic rings. The number of rotatable bonds is 5. The van der Waals surface area contributed by atoms with Crippen LogP contribution in [0.25, 0.3) is 10.2 Å². The SMILES string of the molecule is O=C(Cn1cnc2sc3c(c2c1=O)CCC3)NCCC1=CCCCC1. The summed E-state index contributed by atoms with van der Waals surface area (Å²) < 4.78 is 1.45. The third kappa shape index (κ3) is 3.40. The second-order valence-electron chi connectivity index (χ2n) is 6.92. The Balaban J connectivity index is 1.42. The molecule has 0 spiro atoms. The summed E-state index contributed by atoms with van der Waals surface area (Å²) in [5, 5.41) is 3.67. The molecule has 0 unspecified atom stereocenters. The fourth-order valence-electron chi connectivity index (χ4n) is 3.84. The fourth-order valence-corrected chi connectivity index (χ4v) is 5.06. The molecule has 132 valence electrons. The number of nitrogens with one attached hydrogen (secondary N) is 1. The summed E-state index contributed by atoms with van der Waals surface area (Å²) >= 11 is 1.63. The first-order valence-corrected chi connectivity index (χ1v) is 9.98. The summed E-state index contributed by atoms with van der Waals surface area (Å²) in [4.78, 5) is 31.5. The average Bonchev–Trinajstić information content (AvgIpc) is 3.19. The van der Waals surface area contributed by atoms with Gasteiger partial charge in [-0.3, -0.25) is 14.2 Å². The van der Waals surface area contributed by atoms with Gasteiger partial charge in [0.2, 0.25) is 5.91 Å². The lowest BCUT2D eigenvalue weighted by Gasteiger charge is -2.13. The van der Waals surface area contributed by atoms with Crippen molar-refractivity contribution in [1.29, 1.82) is 0 Å². The summed E-state index contributed by atoms with van der Waals surface area (Å²) in [5.74, 6) is -0.119. The van der Waals surface area contributed by atoms with E-state index in [0.717, 1.165) is 54.3 Å². The van der Waals surface area contributed by atoms with E-state index in [9.17, 15) is 9.59 Å². The zero-order valence-electron chi connectivity index (χ0n) is 14.3. The third-order valence-electron chi connectivity index (χ3n) is 5.16. The highest BCUT2D eigenvalue weighted by Gasteiger charge is 2.21. The number of aromatic nitrogens is 2. The number of amides is 1. The van der Waals surface area contributed by atoms with Crippen molar-refractivity contribution >= 4 is 27.5 Å². The van der Waals surface area contributed by atoms with E-state index in [-0.39, 0.29) is 18.0 Å². The number of nitrogens with zero attached hydrogens (tertiary/aromatic N) is 2. The first-order chi connectivity index (χ1) is 12.2. The van der Waals surface area contributed by atoms with E-state index >= 15 is 0 Å². The van der Waals surface area contributed by atoms with Gasteiger partial charge in [0, 0.05) is 11.4 Å². The van der Waals surface area contributed by atoms with E-state index in [1.165, 1.54) is 34.2 Å². The van der Waals surface area contributed by atoms with Crippen LogP contribution in [0.4, 0.5) is 0 Å². The lowest BCUT2D eigenvalue weighted by atomic mass is 9.97. The van der Waals surface area contributed by atoms with Gasteiger partial charge in [-0.05, 0) is 56.9 Å². The smallest absolute Gasteiger partial charge is 0.262 e. The molecular formula is C19H23N3O2S. The normalized spacial score (nSPS) is 16.7. The molecule has 0 saturated carbocycles. The van der Waals surface area contributed by atoms with Gasteiger partial charge in [0.1, 0.15) is 11.4 Å². The Morgan fingerprint density at radius 2 is 2.16 bits per heavy atom. The molecule has 2 aliphatic rings. The van der Waals surface area contributed by atoms with Crippen molar-refractivity contribution in [2.75, 3.05) is 6.54 Å². The summed E-state index contributed by atoms with van der Waals surface area (Å²) in [5.41, 5.74) is 2.53. The first-order valence-electron chi connectivity index (χ1n) is 9.16. The van der Waals surface area contributed by atoms with Crippen molar-refractivity contribution in [3.63, 3.8) is 0 Å². The highest BCUT2D eigenvalue weighted by Crippen LogP contribution is 2.34. The minimum absolute atomic E-state index is 0.0471. The number of carbonyl (C=O) groups is 1. The maximum Gasteiger partial charge on any atom is 0.262 e. The van der Waals surface area contributed by atoms with Gasteiger partial charge in [-0.25, -0.2) is 4.98 Å². The average molecular weight is 357 g/mol. The lowest BCUT2D eigenvalue weighted by Crippen LogP contribution is -2.33. The summed E-state index contributed by atoms with van der Waals surface area (Å²) in [6, 6.07) is 0. The molecule has 0 fully saturated rings. The van der Waals surface area contributed by atoms with Crippen LogP contribution in [0.15, 0.2) is 22.8 Å². The number of aryl methyl sites for hydroxylation is 2. The minimum atomic E-state index is -0.119. The Morgan fingerprint density at radius 1 is 1.24 bits per heavy atom. The number of hydrogen-bond acceptors (Lipinski definition) is 4. The summed E-state index contributed by atoms with van der Waals surface area (Å²) in [7, 11) is 0. The highest BCUT2D eigenvalue weighted by molar-refractivity contribution is 7.18. The van der Waals surface area contributed by atoms with Crippen LogP contribution < -0.4 is 10.9 Å². The largest absolute Gasteiger partial charge is 0.354 e. The third-order valence-corrected chi connectivity index (χ3v) is 6.36. The second-order valence-corrected chi connectivity index (χ2v) is 8.01. The number of thiophene rings is 1. The molecule has 0 bridgehead atoms. The molecule has 5 nitrogen and oxygen atoms in total. The van der Waals surface area contributed by atoms with E-state index < -0.39 is 0 Å². The van der Waals surface area contributed by atoms with Crippen LogP contribution in [0, 0.1) is 0 Å². The topological polar surface area (TPSA) is 64.0 Å². The zero-order chi connectivity index (χ0) is 17.2. The fraction of sp³-hybridized carbons (Fsp3) is 0.526. The quantitative estimate of drug-likeness (QED) is 0.837. The van der Waals surface area contributed by atoms with Crippen molar-refractivity contribution in [2.24, 2.45) is 0 Å². The Hall–Kier alpha value is -1.95. The van der Waals surface area contributed by atoms with Crippen LogP contribution in [0.3, 0.4) is 0 Å². The second kappa shape index (κ2) is 7.12. The molecule has 6 heteroatoms. The van der Waals surface area contributed by atoms with Crippen LogP contribution in [0.5, 0.6) is 0 Å². The van der Waals surface area contributed by atoms with E-state index in [1.807, 2.05) is 0 Å². The number of hydrogen-bond donors (Lipinski definition) is 1. The molecule has 1 N–H and O–H groups in total. The summed E-state index contributed by atoms with van der Waals surface area (Å²) in [6.07, 6.45) is 12.7. The predicted octanol–water partition coefficient (Wildman–Crippen LogP) is 2.95. The van der Waals surface area contributed by atoms with Crippen molar-refractivity contribution in [3.8, 4) is 0 Å². The Bertz CT molecular complexity index is 894. The van der Waals surface area contributed by atoms with Crippen LogP contribution in [-0.4, -0.2) is 22.0 Å². The van der Waals surface area contributed by atoms with Crippen molar-refractivity contribution in [3.05, 3.63) is 38.8 Å². The highest BCUT2D eigenvalue weighted by atomic mass is 32.1. The molecule has 1 amide bonds. The molecule has 0 saturated heterocycles. The van der Waals surface area contributed by atoms with Gasteiger partial charge in [0.05, 0.1) is 11.7 Å². The predicted molar refractivity (Wildman–Crippen MR) is 100 cm³/mol. The maximum absolute atomic E-state index is 12.7. The van der Waals surface area contributed by atoms with Gasteiger partial charge in [0.25, 0.3) is 5.56 Å². The lowest BCUT2D eigenvalue weighted by molar-refractivity contribution is -0.121. The molecule has 25 heavy (non-hydrogen) atoms. The van der Waals surface area contributed by atoms with Crippen molar-refractivity contribution in [2.45, 2.75) is 57.9 Å². The zero-order valence-corrected chi connectivity index (χ0v) is 15.2. The molecule has 0 radical (unpaired) electrons. The minimum Gasteiger partial charge on any atom is -0.354 e. The molecule has 0 aliphatic heterocycles. The Kier molecular flexibility index (Phi) is 4.70. The van der Waals surface area contributed by atoms with Crippen molar-refractivity contribution in [1.82, 2.24) is 14.9 Å². The van der Waals surface area contributed by atoms with E-state index in [2.05, 4.69) is 16.4 Å².